The Morgan fingerprint density at radius 2 is 2.19 bits per heavy atom. The summed E-state index contributed by atoms with van der Waals surface area (Å²) in [6.07, 6.45) is 8.10. The number of aromatic nitrogens is 2. The van der Waals surface area contributed by atoms with E-state index in [1.54, 1.807) is 12.5 Å². The van der Waals surface area contributed by atoms with E-state index in [1.807, 2.05) is 0 Å². The van der Waals surface area contributed by atoms with Gasteiger partial charge in [-0.2, -0.15) is 0 Å². The van der Waals surface area contributed by atoms with Crippen LogP contribution in [0.4, 0.5) is 5.82 Å². The molecule has 88 valence electrons. The standard InChI is InChI=1S/C11H17BrN4/c1-16(10-5-3-2-4-9(10)13)11-8(12)6-14-7-15-11/h6-7,9-10H,2-5,13H2,1H3. The van der Waals surface area contributed by atoms with E-state index in [9.17, 15) is 0 Å². The highest BCUT2D eigenvalue weighted by Gasteiger charge is 2.27. The number of halogens is 1. The van der Waals surface area contributed by atoms with Crippen LogP contribution in [0.15, 0.2) is 17.0 Å². The van der Waals surface area contributed by atoms with Gasteiger partial charge in [0, 0.05) is 25.3 Å². The van der Waals surface area contributed by atoms with Gasteiger partial charge >= 0.3 is 0 Å². The Kier molecular flexibility index (Phi) is 3.76. The number of nitrogens with two attached hydrogens (primary N) is 1. The molecule has 1 aromatic rings. The van der Waals surface area contributed by atoms with E-state index in [0.717, 1.165) is 23.1 Å². The molecule has 1 aliphatic rings. The fourth-order valence-corrected chi connectivity index (χ4v) is 2.84. The summed E-state index contributed by atoms with van der Waals surface area (Å²) in [5.74, 6) is 0.928. The summed E-state index contributed by atoms with van der Waals surface area (Å²) in [5.41, 5.74) is 6.17. The Hall–Kier alpha value is -0.680. The molecule has 0 aromatic carbocycles. The Bertz CT molecular complexity index is 358. The van der Waals surface area contributed by atoms with Crippen molar-refractivity contribution in [3.63, 3.8) is 0 Å². The lowest BCUT2D eigenvalue weighted by atomic mass is 9.90. The molecule has 2 rings (SSSR count). The van der Waals surface area contributed by atoms with Crippen molar-refractivity contribution in [1.29, 1.82) is 0 Å². The Balaban J connectivity index is 2.17. The maximum absolute atomic E-state index is 6.17. The van der Waals surface area contributed by atoms with Crippen LogP contribution in [0.1, 0.15) is 25.7 Å². The number of nitrogens with zero attached hydrogens (tertiary/aromatic N) is 3. The predicted molar refractivity (Wildman–Crippen MR) is 68.4 cm³/mol. The molecule has 4 nitrogen and oxygen atoms in total. The lowest BCUT2D eigenvalue weighted by Gasteiger charge is -2.36. The molecule has 2 atom stereocenters. The van der Waals surface area contributed by atoms with Gasteiger partial charge in [0.15, 0.2) is 0 Å². The molecule has 5 heteroatoms. The zero-order chi connectivity index (χ0) is 11.5. The van der Waals surface area contributed by atoms with Gasteiger partial charge in [-0.1, -0.05) is 12.8 Å². The minimum atomic E-state index is 0.251. The summed E-state index contributed by atoms with van der Waals surface area (Å²) in [4.78, 5) is 10.5. The first-order valence-electron chi connectivity index (χ1n) is 5.64. The van der Waals surface area contributed by atoms with Crippen molar-refractivity contribution in [3.8, 4) is 0 Å². The average Bonchev–Trinajstić information content (AvgIpc) is 2.29. The molecule has 1 saturated carbocycles. The highest BCUT2D eigenvalue weighted by molar-refractivity contribution is 9.10. The molecule has 0 saturated heterocycles. The molecular weight excluding hydrogens is 268 g/mol. The molecule has 1 fully saturated rings. The van der Waals surface area contributed by atoms with Crippen LogP contribution in [0.3, 0.4) is 0 Å². The molecular formula is C11H17BrN4. The van der Waals surface area contributed by atoms with Crippen LogP contribution < -0.4 is 10.6 Å². The lowest BCUT2D eigenvalue weighted by molar-refractivity contribution is 0.372. The predicted octanol–water partition coefficient (Wildman–Crippen LogP) is 1.95. The minimum Gasteiger partial charge on any atom is -0.354 e. The molecule has 0 aliphatic heterocycles. The molecule has 0 spiro atoms. The minimum absolute atomic E-state index is 0.251. The van der Waals surface area contributed by atoms with Gasteiger partial charge in [0.25, 0.3) is 0 Å². The molecule has 2 unspecified atom stereocenters. The van der Waals surface area contributed by atoms with Crippen molar-refractivity contribution in [2.75, 3.05) is 11.9 Å². The molecule has 2 N–H and O–H groups in total. The van der Waals surface area contributed by atoms with Gasteiger partial charge < -0.3 is 10.6 Å². The summed E-state index contributed by atoms with van der Waals surface area (Å²) in [5, 5.41) is 0. The van der Waals surface area contributed by atoms with E-state index < -0.39 is 0 Å². The first-order chi connectivity index (χ1) is 7.70. The van der Waals surface area contributed by atoms with Crippen molar-refractivity contribution in [1.82, 2.24) is 9.97 Å². The van der Waals surface area contributed by atoms with E-state index in [4.69, 9.17) is 5.73 Å². The first kappa shape index (κ1) is 11.8. The second-order valence-corrected chi connectivity index (χ2v) is 5.18. The van der Waals surface area contributed by atoms with Crippen molar-refractivity contribution in [2.24, 2.45) is 5.73 Å². The molecule has 0 amide bonds. The van der Waals surface area contributed by atoms with Crippen LogP contribution in [0, 0.1) is 0 Å². The van der Waals surface area contributed by atoms with Gasteiger partial charge in [-0.05, 0) is 28.8 Å². The number of hydrogen-bond acceptors (Lipinski definition) is 4. The second-order valence-electron chi connectivity index (χ2n) is 4.32. The van der Waals surface area contributed by atoms with Crippen molar-refractivity contribution in [3.05, 3.63) is 17.0 Å². The monoisotopic (exact) mass is 284 g/mol. The van der Waals surface area contributed by atoms with Crippen LogP contribution in [-0.2, 0) is 0 Å². The summed E-state index contributed by atoms with van der Waals surface area (Å²) in [7, 11) is 2.06. The first-order valence-corrected chi connectivity index (χ1v) is 6.43. The maximum atomic E-state index is 6.17. The summed E-state index contributed by atoms with van der Waals surface area (Å²) >= 11 is 3.48. The van der Waals surface area contributed by atoms with Crippen molar-refractivity contribution >= 4 is 21.7 Å². The number of anilines is 1. The largest absolute Gasteiger partial charge is 0.354 e. The normalized spacial score (nSPS) is 25.4. The molecule has 1 aliphatic carbocycles. The van der Waals surface area contributed by atoms with Crippen LogP contribution in [0.25, 0.3) is 0 Å². The molecule has 0 bridgehead atoms. The van der Waals surface area contributed by atoms with Gasteiger partial charge in [-0.15, -0.1) is 0 Å². The maximum Gasteiger partial charge on any atom is 0.146 e. The van der Waals surface area contributed by atoms with E-state index in [2.05, 4.69) is 37.8 Å². The number of likely N-dealkylation sites (N-methyl/N-ethyl adjacent to an activating group) is 1. The van der Waals surface area contributed by atoms with Gasteiger partial charge in [-0.25, -0.2) is 9.97 Å². The molecule has 1 heterocycles. The zero-order valence-electron chi connectivity index (χ0n) is 9.43. The van der Waals surface area contributed by atoms with Gasteiger partial charge in [0.05, 0.1) is 4.47 Å². The van der Waals surface area contributed by atoms with E-state index in [0.29, 0.717) is 6.04 Å². The van der Waals surface area contributed by atoms with Gasteiger partial charge in [-0.3, -0.25) is 0 Å². The third-order valence-electron chi connectivity index (χ3n) is 3.26. The highest BCUT2D eigenvalue weighted by Crippen LogP contribution is 2.28. The highest BCUT2D eigenvalue weighted by atomic mass is 79.9. The van der Waals surface area contributed by atoms with E-state index in [1.165, 1.54) is 12.8 Å². The average molecular weight is 285 g/mol. The SMILES string of the molecule is CN(c1ncncc1Br)C1CCCCC1N. The fraction of sp³-hybridized carbons (Fsp3) is 0.636. The van der Waals surface area contributed by atoms with Gasteiger partial charge in [0.2, 0.25) is 0 Å². The van der Waals surface area contributed by atoms with Crippen molar-refractivity contribution < 1.29 is 0 Å². The van der Waals surface area contributed by atoms with Crippen LogP contribution in [-0.4, -0.2) is 29.1 Å². The fourth-order valence-electron chi connectivity index (χ4n) is 2.34. The van der Waals surface area contributed by atoms with Gasteiger partial charge in [0.1, 0.15) is 12.1 Å². The van der Waals surface area contributed by atoms with Crippen LogP contribution in [0.2, 0.25) is 0 Å². The second kappa shape index (κ2) is 5.10. The number of rotatable bonds is 2. The molecule has 16 heavy (non-hydrogen) atoms. The number of hydrogen-bond donors (Lipinski definition) is 1. The topological polar surface area (TPSA) is 55.0 Å². The van der Waals surface area contributed by atoms with E-state index in [-0.39, 0.29) is 6.04 Å². The van der Waals surface area contributed by atoms with Crippen LogP contribution >= 0.6 is 15.9 Å². The third-order valence-corrected chi connectivity index (χ3v) is 3.82. The Labute approximate surface area is 104 Å². The smallest absolute Gasteiger partial charge is 0.146 e. The van der Waals surface area contributed by atoms with E-state index >= 15 is 0 Å². The summed E-state index contributed by atoms with van der Waals surface area (Å²) in [6, 6.07) is 0.639. The zero-order valence-corrected chi connectivity index (χ0v) is 11.0. The molecule has 1 aromatic heterocycles. The Morgan fingerprint density at radius 3 is 2.88 bits per heavy atom. The van der Waals surface area contributed by atoms with Crippen molar-refractivity contribution in [2.45, 2.75) is 37.8 Å². The quantitative estimate of drug-likeness (QED) is 0.902. The van der Waals surface area contributed by atoms with Crippen LogP contribution in [0.5, 0.6) is 0 Å². The molecule has 0 radical (unpaired) electrons. The third kappa shape index (κ3) is 2.35. The Morgan fingerprint density at radius 1 is 1.44 bits per heavy atom. The summed E-state index contributed by atoms with van der Waals surface area (Å²) in [6.45, 7) is 0. The summed E-state index contributed by atoms with van der Waals surface area (Å²) < 4.78 is 0.926. The lowest BCUT2D eigenvalue weighted by Crippen LogP contribution is -2.48.